The topological polar surface area (TPSA) is 34.1 Å². The quantitative estimate of drug-likeness (QED) is 0.912. The third-order valence-corrected chi connectivity index (χ3v) is 4.13. The highest BCUT2D eigenvalue weighted by Crippen LogP contribution is 2.30. The molecule has 1 aliphatic rings. The van der Waals surface area contributed by atoms with Gasteiger partial charge in [0.05, 0.1) is 7.11 Å². The molecule has 1 saturated carbocycles. The minimum absolute atomic E-state index is 0.296. The molecule has 0 aliphatic heterocycles. The number of aromatic nitrogens is 1. The smallest absolute Gasteiger partial charge is 0.137 e. The van der Waals surface area contributed by atoms with Crippen LogP contribution in [-0.4, -0.2) is 18.1 Å². The van der Waals surface area contributed by atoms with Gasteiger partial charge in [-0.15, -0.1) is 11.3 Å². The summed E-state index contributed by atoms with van der Waals surface area (Å²) in [5.74, 6) is 0.226. The molecule has 1 aliphatic carbocycles. The number of thiazole rings is 1. The fourth-order valence-electron chi connectivity index (χ4n) is 1.84. The third-order valence-electron chi connectivity index (χ3n) is 3.10. The van der Waals surface area contributed by atoms with E-state index in [1.54, 1.807) is 12.1 Å². The van der Waals surface area contributed by atoms with Crippen molar-refractivity contribution < 1.29 is 9.13 Å². The molecule has 0 atom stereocenters. The van der Waals surface area contributed by atoms with E-state index >= 15 is 0 Å². The van der Waals surface area contributed by atoms with Crippen LogP contribution in [0.3, 0.4) is 0 Å². The standard InChI is InChI=1S/C14H15FN2OS/c1-18-10-4-5-12(13(15)6-10)14-17-8-11(19-14)7-16-9-2-3-9/h4-6,8-9,16H,2-3,7H2,1H3. The van der Waals surface area contributed by atoms with Crippen LogP contribution < -0.4 is 10.1 Å². The molecular weight excluding hydrogens is 263 g/mol. The molecule has 0 unspecified atom stereocenters. The monoisotopic (exact) mass is 278 g/mol. The van der Waals surface area contributed by atoms with Gasteiger partial charge in [-0.3, -0.25) is 0 Å². The van der Waals surface area contributed by atoms with Crippen molar-refractivity contribution in [3.63, 3.8) is 0 Å². The van der Waals surface area contributed by atoms with Crippen molar-refractivity contribution in [1.29, 1.82) is 0 Å². The maximum Gasteiger partial charge on any atom is 0.137 e. The van der Waals surface area contributed by atoms with Crippen molar-refractivity contribution in [2.24, 2.45) is 0 Å². The molecule has 1 aromatic heterocycles. The molecule has 0 saturated heterocycles. The van der Waals surface area contributed by atoms with Crippen LogP contribution in [0, 0.1) is 5.82 Å². The first-order chi connectivity index (χ1) is 9.26. The molecule has 0 bridgehead atoms. The van der Waals surface area contributed by atoms with E-state index in [4.69, 9.17) is 4.74 Å². The average molecular weight is 278 g/mol. The molecule has 3 rings (SSSR count). The Hall–Kier alpha value is -1.46. The number of ether oxygens (including phenoxy) is 1. The zero-order chi connectivity index (χ0) is 13.2. The van der Waals surface area contributed by atoms with Gasteiger partial charge in [-0.25, -0.2) is 9.37 Å². The third kappa shape index (κ3) is 2.93. The number of rotatable bonds is 5. The van der Waals surface area contributed by atoms with E-state index in [0.29, 0.717) is 22.4 Å². The van der Waals surface area contributed by atoms with Gasteiger partial charge < -0.3 is 10.1 Å². The van der Waals surface area contributed by atoms with Gasteiger partial charge >= 0.3 is 0 Å². The second kappa shape index (κ2) is 5.27. The summed E-state index contributed by atoms with van der Waals surface area (Å²) in [5, 5.41) is 4.14. The van der Waals surface area contributed by atoms with Crippen LogP contribution in [0.25, 0.3) is 10.6 Å². The minimum atomic E-state index is -0.296. The van der Waals surface area contributed by atoms with Crippen LogP contribution in [0.4, 0.5) is 4.39 Å². The van der Waals surface area contributed by atoms with Crippen LogP contribution >= 0.6 is 11.3 Å². The van der Waals surface area contributed by atoms with Crippen LogP contribution in [0.15, 0.2) is 24.4 Å². The number of halogens is 1. The average Bonchev–Trinajstić information content (AvgIpc) is 3.14. The summed E-state index contributed by atoms with van der Waals surface area (Å²) in [6.45, 7) is 0.820. The van der Waals surface area contributed by atoms with E-state index in [-0.39, 0.29) is 5.82 Å². The highest BCUT2D eigenvalue weighted by Gasteiger charge is 2.20. The van der Waals surface area contributed by atoms with Gasteiger partial charge in [0.25, 0.3) is 0 Å². The van der Waals surface area contributed by atoms with Crippen LogP contribution in [-0.2, 0) is 6.54 Å². The zero-order valence-corrected chi connectivity index (χ0v) is 11.5. The van der Waals surface area contributed by atoms with Crippen molar-refractivity contribution in [3.05, 3.63) is 35.1 Å². The Bertz CT molecular complexity index is 581. The van der Waals surface area contributed by atoms with Gasteiger partial charge in [0.1, 0.15) is 16.6 Å². The molecule has 2 aromatic rings. The zero-order valence-electron chi connectivity index (χ0n) is 10.6. The fourth-order valence-corrected chi connectivity index (χ4v) is 2.73. The fraction of sp³-hybridized carbons (Fsp3) is 0.357. The molecule has 0 amide bonds. The maximum atomic E-state index is 13.9. The second-order valence-electron chi connectivity index (χ2n) is 4.63. The van der Waals surface area contributed by atoms with Gasteiger partial charge in [-0.05, 0) is 25.0 Å². The number of benzene rings is 1. The van der Waals surface area contributed by atoms with Gasteiger partial charge in [0.2, 0.25) is 0 Å². The summed E-state index contributed by atoms with van der Waals surface area (Å²) in [4.78, 5) is 5.44. The van der Waals surface area contributed by atoms with E-state index in [9.17, 15) is 4.39 Å². The SMILES string of the molecule is COc1ccc(-c2ncc(CNC3CC3)s2)c(F)c1. The summed E-state index contributed by atoms with van der Waals surface area (Å²) in [7, 11) is 1.53. The molecule has 0 spiro atoms. The first-order valence-corrected chi connectivity index (χ1v) is 7.10. The summed E-state index contributed by atoms with van der Waals surface area (Å²) in [6, 6.07) is 5.52. The number of nitrogens with one attached hydrogen (secondary N) is 1. The second-order valence-corrected chi connectivity index (χ2v) is 5.75. The Kier molecular flexibility index (Phi) is 3.48. The van der Waals surface area contributed by atoms with Gasteiger partial charge in [0, 0.05) is 35.3 Å². The van der Waals surface area contributed by atoms with Gasteiger partial charge in [-0.2, -0.15) is 0 Å². The summed E-state index contributed by atoms with van der Waals surface area (Å²) in [5.41, 5.74) is 0.531. The predicted octanol–water partition coefficient (Wildman–Crippen LogP) is 3.21. The van der Waals surface area contributed by atoms with Crippen LogP contribution in [0.1, 0.15) is 17.7 Å². The van der Waals surface area contributed by atoms with Crippen LogP contribution in [0.2, 0.25) is 0 Å². The largest absolute Gasteiger partial charge is 0.497 e. The van der Waals surface area contributed by atoms with Crippen molar-refractivity contribution in [3.8, 4) is 16.3 Å². The lowest BCUT2D eigenvalue weighted by atomic mass is 10.2. The summed E-state index contributed by atoms with van der Waals surface area (Å²) >= 11 is 1.53. The molecule has 100 valence electrons. The number of hydrogen-bond acceptors (Lipinski definition) is 4. The maximum absolute atomic E-state index is 13.9. The summed E-state index contributed by atoms with van der Waals surface area (Å²) < 4.78 is 18.9. The molecule has 0 radical (unpaired) electrons. The molecule has 1 heterocycles. The number of hydrogen-bond donors (Lipinski definition) is 1. The van der Waals surface area contributed by atoms with E-state index in [2.05, 4.69) is 10.3 Å². The number of nitrogens with zero attached hydrogens (tertiary/aromatic N) is 1. The van der Waals surface area contributed by atoms with E-state index in [1.165, 1.54) is 37.4 Å². The Labute approximate surface area is 115 Å². The Morgan fingerprint density at radius 3 is 3.00 bits per heavy atom. The Balaban J connectivity index is 1.77. The molecule has 3 nitrogen and oxygen atoms in total. The lowest BCUT2D eigenvalue weighted by Gasteiger charge is -2.02. The van der Waals surface area contributed by atoms with Crippen molar-refractivity contribution in [1.82, 2.24) is 10.3 Å². The lowest BCUT2D eigenvalue weighted by molar-refractivity contribution is 0.411. The first-order valence-electron chi connectivity index (χ1n) is 6.28. The molecule has 1 aromatic carbocycles. The Morgan fingerprint density at radius 1 is 1.47 bits per heavy atom. The Morgan fingerprint density at radius 2 is 2.32 bits per heavy atom. The lowest BCUT2D eigenvalue weighted by Crippen LogP contribution is -2.14. The van der Waals surface area contributed by atoms with Gasteiger partial charge in [0.15, 0.2) is 0 Å². The van der Waals surface area contributed by atoms with Crippen molar-refractivity contribution in [2.75, 3.05) is 7.11 Å². The molecule has 19 heavy (non-hydrogen) atoms. The van der Waals surface area contributed by atoms with E-state index in [0.717, 1.165) is 11.4 Å². The predicted molar refractivity (Wildman–Crippen MR) is 73.9 cm³/mol. The van der Waals surface area contributed by atoms with E-state index in [1.807, 2.05) is 6.20 Å². The molecule has 1 fully saturated rings. The van der Waals surface area contributed by atoms with E-state index < -0.39 is 0 Å². The first kappa shape index (κ1) is 12.6. The van der Waals surface area contributed by atoms with Crippen LogP contribution in [0.5, 0.6) is 5.75 Å². The van der Waals surface area contributed by atoms with Crippen molar-refractivity contribution >= 4 is 11.3 Å². The highest BCUT2D eigenvalue weighted by molar-refractivity contribution is 7.15. The normalized spacial score (nSPS) is 14.6. The molecular formula is C14H15FN2OS. The number of methoxy groups -OCH3 is 1. The minimum Gasteiger partial charge on any atom is -0.497 e. The van der Waals surface area contributed by atoms with Gasteiger partial charge in [-0.1, -0.05) is 0 Å². The summed E-state index contributed by atoms with van der Waals surface area (Å²) in [6.07, 6.45) is 4.34. The van der Waals surface area contributed by atoms with Crippen molar-refractivity contribution in [2.45, 2.75) is 25.4 Å². The highest BCUT2D eigenvalue weighted by atomic mass is 32.1. The molecule has 5 heteroatoms. The molecule has 1 N–H and O–H groups in total.